The number of ketones is 1. The number of ether oxygens (including phenoxy) is 2. The Hall–Kier alpha value is -5.82. The van der Waals surface area contributed by atoms with E-state index in [1.165, 1.54) is 10.7 Å². The van der Waals surface area contributed by atoms with Gasteiger partial charge in [-0.05, 0) is 42.2 Å². The molecular formula is C38H30N2O5. The molecule has 0 aliphatic rings. The molecule has 0 N–H and O–H groups in total. The van der Waals surface area contributed by atoms with Crippen molar-refractivity contribution in [3.05, 3.63) is 144 Å². The van der Waals surface area contributed by atoms with Crippen molar-refractivity contribution in [2.75, 3.05) is 13.2 Å². The molecule has 0 spiro atoms. The summed E-state index contributed by atoms with van der Waals surface area (Å²) in [4.78, 5) is 45.7. The summed E-state index contributed by atoms with van der Waals surface area (Å²) in [6.45, 7) is 3.49. The lowest BCUT2D eigenvalue weighted by molar-refractivity contribution is 0.0480. The molecule has 6 aromatic rings. The molecule has 45 heavy (non-hydrogen) atoms. The molecule has 0 saturated heterocycles. The van der Waals surface area contributed by atoms with E-state index in [4.69, 9.17) is 9.47 Å². The van der Waals surface area contributed by atoms with Gasteiger partial charge in [0.1, 0.15) is 23.1 Å². The molecule has 0 radical (unpaired) electrons. The molecule has 4 aromatic carbocycles. The molecule has 0 fully saturated rings. The molecule has 6 rings (SSSR count). The maximum absolute atomic E-state index is 14.2. The third-order valence-electron chi connectivity index (χ3n) is 7.55. The Labute approximate surface area is 260 Å². The molecule has 2 aromatic heterocycles. The van der Waals surface area contributed by atoms with Gasteiger partial charge in [-0.1, -0.05) is 109 Å². The lowest BCUT2D eigenvalue weighted by atomic mass is 9.99. The van der Waals surface area contributed by atoms with Gasteiger partial charge in [0.2, 0.25) is 5.78 Å². The van der Waals surface area contributed by atoms with Gasteiger partial charge < -0.3 is 9.47 Å². The van der Waals surface area contributed by atoms with Gasteiger partial charge in [0, 0.05) is 11.1 Å². The van der Waals surface area contributed by atoms with Crippen LogP contribution in [0.4, 0.5) is 0 Å². The van der Waals surface area contributed by atoms with E-state index in [0.29, 0.717) is 16.8 Å². The van der Waals surface area contributed by atoms with Crippen molar-refractivity contribution >= 4 is 23.2 Å². The average molecular weight is 595 g/mol. The van der Waals surface area contributed by atoms with Crippen molar-refractivity contribution in [1.29, 1.82) is 0 Å². The number of aromatic nitrogens is 2. The van der Waals surface area contributed by atoms with Crippen LogP contribution < -0.4 is 0 Å². The molecule has 7 heteroatoms. The summed E-state index contributed by atoms with van der Waals surface area (Å²) in [5.41, 5.74) is 5.90. The minimum atomic E-state index is -0.790. The lowest BCUT2D eigenvalue weighted by Crippen LogP contribution is -2.16. The van der Waals surface area contributed by atoms with E-state index in [-0.39, 0.29) is 30.0 Å². The minimum absolute atomic E-state index is 0.0163. The summed E-state index contributed by atoms with van der Waals surface area (Å²) in [5.74, 6) is -1.97. The SMILES string of the molecule is CCOC(=O)c1c(C(=O)OCC)c2cc(-c3ccc(-c4ccccc4)cc3)ncn2c1C(=O)c1ccc(-c2ccccc2)cc1. The summed E-state index contributed by atoms with van der Waals surface area (Å²) in [7, 11) is 0. The van der Waals surface area contributed by atoms with Crippen LogP contribution in [0.5, 0.6) is 0 Å². The van der Waals surface area contributed by atoms with Gasteiger partial charge in [-0.15, -0.1) is 0 Å². The largest absolute Gasteiger partial charge is 0.462 e. The molecule has 0 bridgehead atoms. The van der Waals surface area contributed by atoms with Crippen molar-refractivity contribution in [2.45, 2.75) is 13.8 Å². The van der Waals surface area contributed by atoms with Crippen molar-refractivity contribution in [3.63, 3.8) is 0 Å². The van der Waals surface area contributed by atoms with E-state index < -0.39 is 17.7 Å². The van der Waals surface area contributed by atoms with E-state index in [9.17, 15) is 14.4 Å². The second kappa shape index (κ2) is 12.8. The van der Waals surface area contributed by atoms with Crippen LogP contribution in [-0.4, -0.2) is 40.3 Å². The van der Waals surface area contributed by atoms with Crippen LogP contribution in [0, 0.1) is 0 Å². The Morgan fingerprint density at radius 1 is 0.600 bits per heavy atom. The fourth-order valence-electron chi connectivity index (χ4n) is 5.39. The quantitative estimate of drug-likeness (QED) is 0.125. The molecule has 0 aliphatic heterocycles. The standard InChI is InChI=1S/C38H30N2O5/c1-3-44-37(42)33-32-23-31(29-19-15-27(16-20-29)25-11-7-5-8-12-25)39-24-40(32)35(34(33)38(43)45-4-2)36(41)30-21-17-28(18-22-30)26-13-9-6-10-14-26/h5-24H,3-4H2,1-2H3. The predicted octanol–water partition coefficient (Wildman–Crippen LogP) is 7.92. The molecular weight excluding hydrogens is 564 g/mol. The Kier molecular flexibility index (Phi) is 8.33. The molecule has 0 atom stereocenters. The van der Waals surface area contributed by atoms with E-state index in [1.807, 2.05) is 97.1 Å². The zero-order chi connectivity index (χ0) is 31.3. The number of carbonyl (C=O) groups is 3. The molecule has 7 nitrogen and oxygen atoms in total. The number of benzene rings is 4. The third kappa shape index (κ3) is 5.76. The summed E-state index contributed by atoms with van der Waals surface area (Å²) >= 11 is 0. The number of hydrogen-bond acceptors (Lipinski definition) is 6. The first-order valence-electron chi connectivity index (χ1n) is 14.7. The smallest absolute Gasteiger partial charge is 0.341 e. The van der Waals surface area contributed by atoms with Crippen LogP contribution in [0.15, 0.2) is 122 Å². The zero-order valence-electron chi connectivity index (χ0n) is 24.9. The topological polar surface area (TPSA) is 87.0 Å². The van der Waals surface area contributed by atoms with Crippen LogP contribution in [-0.2, 0) is 9.47 Å². The van der Waals surface area contributed by atoms with Crippen molar-refractivity contribution in [2.24, 2.45) is 0 Å². The predicted molar refractivity (Wildman–Crippen MR) is 173 cm³/mol. The van der Waals surface area contributed by atoms with E-state index in [0.717, 1.165) is 27.8 Å². The Morgan fingerprint density at radius 3 is 1.60 bits per heavy atom. The molecule has 222 valence electrons. The second-order valence-corrected chi connectivity index (χ2v) is 10.3. The highest BCUT2D eigenvalue weighted by Gasteiger charge is 2.34. The highest BCUT2D eigenvalue weighted by Crippen LogP contribution is 2.32. The molecule has 0 aliphatic carbocycles. The summed E-state index contributed by atoms with van der Waals surface area (Å²) in [6, 6.07) is 36.5. The number of esters is 2. The number of fused-ring (bicyclic) bond motifs is 1. The number of carbonyl (C=O) groups excluding carboxylic acids is 3. The van der Waals surface area contributed by atoms with Crippen LogP contribution >= 0.6 is 0 Å². The molecule has 0 unspecified atom stereocenters. The number of rotatable bonds is 9. The highest BCUT2D eigenvalue weighted by atomic mass is 16.5. The van der Waals surface area contributed by atoms with Gasteiger partial charge in [-0.3, -0.25) is 9.20 Å². The highest BCUT2D eigenvalue weighted by molar-refractivity contribution is 6.20. The number of hydrogen-bond donors (Lipinski definition) is 0. The Morgan fingerprint density at radius 2 is 1.07 bits per heavy atom. The van der Waals surface area contributed by atoms with Crippen LogP contribution in [0.2, 0.25) is 0 Å². The first-order valence-corrected chi connectivity index (χ1v) is 14.7. The van der Waals surface area contributed by atoms with Crippen LogP contribution in [0.3, 0.4) is 0 Å². The maximum atomic E-state index is 14.2. The second-order valence-electron chi connectivity index (χ2n) is 10.3. The fourth-order valence-corrected chi connectivity index (χ4v) is 5.39. The van der Waals surface area contributed by atoms with Crippen molar-refractivity contribution in [3.8, 4) is 33.5 Å². The molecule has 2 heterocycles. The number of nitrogens with zero attached hydrogens (tertiary/aromatic N) is 2. The normalized spacial score (nSPS) is 10.9. The third-order valence-corrected chi connectivity index (χ3v) is 7.55. The van der Waals surface area contributed by atoms with Gasteiger partial charge >= 0.3 is 11.9 Å². The Bertz CT molecular complexity index is 2000. The first kappa shape index (κ1) is 29.3. The maximum Gasteiger partial charge on any atom is 0.341 e. The van der Waals surface area contributed by atoms with E-state index in [2.05, 4.69) is 4.98 Å². The Balaban J connectivity index is 1.49. The first-order chi connectivity index (χ1) is 22.0. The van der Waals surface area contributed by atoms with Crippen molar-refractivity contribution < 1.29 is 23.9 Å². The summed E-state index contributed by atoms with van der Waals surface area (Å²) in [6.07, 6.45) is 1.47. The van der Waals surface area contributed by atoms with Gasteiger partial charge in [0.25, 0.3) is 0 Å². The monoisotopic (exact) mass is 594 g/mol. The molecule has 0 amide bonds. The zero-order valence-corrected chi connectivity index (χ0v) is 24.9. The van der Waals surface area contributed by atoms with Crippen LogP contribution in [0.25, 0.3) is 39.0 Å². The summed E-state index contributed by atoms with van der Waals surface area (Å²) < 4.78 is 12.2. The minimum Gasteiger partial charge on any atom is -0.462 e. The fraction of sp³-hybridized carbons (Fsp3) is 0.105. The van der Waals surface area contributed by atoms with Gasteiger partial charge in [0.15, 0.2) is 0 Å². The van der Waals surface area contributed by atoms with E-state index >= 15 is 0 Å². The lowest BCUT2D eigenvalue weighted by Gasteiger charge is -2.08. The van der Waals surface area contributed by atoms with Crippen LogP contribution in [0.1, 0.15) is 50.6 Å². The van der Waals surface area contributed by atoms with Gasteiger partial charge in [-0.2, -0.15) is 0 Å². The van der Waals surface area contributed by atoms with Crippen molar-refractivity contribution in [1.82, 2.24) is 9.38 Å². The molecule has 0 saturated carbocycles. The average Bonchev–Trinajstić information content (AvgIpc) is 3.44. The van der Waals surface area contributed by atoms with E-state index in [1.54, 1.807) is 32.0 Å². The van der Waals surface area contributed by atoms with Gasteiger partial charge in [-0.25, -0.2) is 14.6 Å². The summed E-state index contributed by atoms with van der Waals surface area (Å²) in [5, 5.41) is 0. The van der Waals surface area contributed by atoms with Gasteiger partial charge in [0.05, 0.1) is 24.4 Å².